The lowest BCUT2D eigenvalue weighted by atomic mass is 10.00. The summed E-state index contributed by atoms with van der Waals surface area (Å²) in [5, 5.41) is 49.9. The van der Waals surface area contributed by atoms with Gasteiger partial charge in [0.25, 0.3) is 0 Å². The standard InChI is InChI=1S/C21H20O9/c1-9-15(24)17(26)18(27)21(28-9)30-20-16(25)14-12(23)7-11(22)8-13(14)29-19(20)10-5-3-2-4-6-10/h2-9,15,17-18,21-24,26-27H,1H3/t9-,15-,17+,18-,21-/m0/s1. The molecule has 4 rings (SSSR count). The molecule has 158 valence electrons. The molecule has 0 radical (unpaired) electrons. The van der Waals surface area contributed by atoms with Gasteiger partial charge in [0.15, 0.2) is 5.76 Å². The number of aliphatic hydroxyl groups is 3. The van der Waals surface area contributed by atoms with Gasteiger partial charge in [0.1, 0.15) is 40.8 Å². The molecule has 1 aromatic heterocycles. The molecule has 0 spiro atoms. The van der Waals surface area contributed by atoms with Gasteiger partial charge in [-0.25, -0.2) is 0 Å². The number of phenols is 2. The number of ether oxygens (including phenoxy) is 2. The minimum absolute atomic E-state index is 0.0258. The van der Waals surface area contributed by atoms with Crippen LogP contribution in [0.15, 0.2) is 51.7 Å². The van der Waals surface area contributed by atoms with Gasteiger partial charge in [-0.15, -0.1) is 0 Å². The van der Waals surface area contributed by atoms with Crippen molar-refractivity contribution in [3.63, 3.8) is 0 Å². The SMILES string of the molecule is C[C@@H]1O[C@@H](Oc2c(-c3ccccc3)oc3cc(O)cc(O)c3c2=O)[C@@H](O)[C@H](O)[C@H]1O. The molecule has 1 fully saturated rings. The summed E-state index contributed by atoms with van der Waals surface area (Å²) in [5.41, 5.74) is -0.387. The number of aromatic hydroxyl groups is 2. The minimum atomic E-state index is -1.65. The summed E-state index contributed by atoms with van der Waals surface area (Å²) in [6.07, 6.45) is -6.92. The van der Waals surface area contributed by atoms with Crippen LogP contribution in [-0.4, -0.2) is 56.2 Å². The highest BCUT2D eigenvalue weighted by Crippen LogP contribution is 2.36. The Morgan fingerprint density at radius 1 is 0.967 bits per heavy atom. The van der Waals surface area contributed by atoms with E-state index < -0.39 is 41.9 Å². The fourth-order valence-corrected chi connectivity index (χ4v) is 3.38. The minimum Gasteiger partial charge on any atom is -0.508 e. The van der Waals surface area contributed by atoms with E-state index in [9.17, 15) is 30.3 Å². The second kappa shape index (κ2) is 7.62. The second-order valence-corrected chi connectivity index (χ2v) is 7.09. The second-order valence-electron chi connectivity index (χ2n) is 7.09. The zero-order valence-electron chi connectivity index (χ0n) is 15.8. The lowest BCUT2D eigenvalue weighted by molar-refractivity contribution is -0.268. The van der Waals surface area contributed by atoms with Gasteiger partial charge in [-0.05, 0) is 6.92 Å². The quantitative estimate of drug-likeness (QED) is 0.423. The van der Waals surface area contributed by atoms with Crippen molar-refractivity contribution in [1.82, 2.24) is 0 Å². The Morgan fingerprint density at radius 3 is 2.37 bits per heavy atom. The largest absolute Gasteiger partial charge is 0.508 e. The summed E-state index contributed by atoms with van der Waals surface area (Å²) in [6.45, 7) is 1.48. The van der Waals surface area contributed by atoms with Crippen molar-refractivity contribution in [2.45, 2.75) is 37.6 Å². The summed E-state index contributed by atoms with van der Waals surface area (Å²) in [5.74, 6) is -1.21. The van der Waals surface area contributed by atoms with Crippen molar-refractivity contribution >= 4 is 11.0 Å². The summed E-state index contributed by atoms with van der Waals surface area (Å²) in [7, 11) is 0. The molecule has 0 unspecified atom stereocenters. The monoisotopic (exact) mass is 416 g/mol. The van der Waals surface area contributed by atoms with Gasteiger partial charge in [-0.3, -0.25) is 4.79 Å². The van der Waals surface area contributed by atoms with Crippen LogP contribution in [0.25, 0.3) is 22.3 Å². The van der Waals surface area contributed by atoms with E-state index in [1.807, 2.05) is 0 Å². The van der Waals surface area contributed by atoms with Crippen LogP contribution in [0.1, 0.15) is 6.92 Å². The van der Waals surface area contributed by atoms with E-state index in [4.69, 9.17) is 13.9 Å². The molecule has 9 nitrogen and oxygen atoms in total. The van der Waals surface area contributed by atoms with E-state index in [2.05, 4.69) is 0 Å². The van der Waals surface area contributed by atoms with Crippen LogP contribution < -0.4 is 10.2 Å². The van der Waals surface area contributed by atoms with Crippen LogP contribution in [0.2, 0.25) is 0 Å². The first-order valence-corrected chi connectivity index (χ1v) is 9.22. The predicted molar refractivity (Wildman–Crippen MR) is 104 cm³/mol. The van der Waals surface area contributed by atoms with Gasteiger partial charge < -0.3 is 39.4 Å². The molecule has 2 heterocycles. The van der Waals surface area contributed by atoms with Gasteiger partial charge in [-0.1, -0.05) is 30.3 Å². The number of fused-ring (bicyclic) bond motifs is 1. The van der Waals surface area contributed by atoms with Gasteiger partial charge in [0.2, 0.25) is 17.5 Å². The summed E-state index contributed by atoms with van der Waals surface area (Å²) in [6, 6.07) is 10.6. The van der Waals surface area contributed by atoms with Gasteiger partial charge >= 0.3 is 0 Å². The van der Waals surface area contributed by atoms with E-state index in [-0.39, 0.29) is 28.2 Å². The Labute approximate surface area is 170 Å². The first kappa shape index (κ1) is 20.2. The number of hydrogen-bond donors (Lipinski definition) is 5. The van der Waals surface area contributed by atoms with Crippen molar-refractivity contribution in [3.8, 4) is 28.6 Å². The average molecular weight is 416 g/mol. The fourth-order valence-electron chi connectivity index (χ4n) is 3.38. The zero-order valence-corrected chi connectivity index (χ0v) is 15.8. The molecule has 9 heteroatoms. The normalized spacial score (nSPS) is 26.6. The Bertz CT molecular complexity index is 1120. The molecule has 3 aromatic rings. The highest BCUT2D eigenvalue weighted by Gasteiger charge is 2.44. The molecule has 0 bridgehead atoms. The average Bonchev–Trinajstić information content (AvgIpc) is 2.72. The third kappa shape index (κ3) is 3.37. The van der Waals surface area contributed by atoms with E-state index in [1.54, 1.807) is 30.3 Å². The molecular formula is C21H20O9. The molecular weight excluding hydrogens is 396 g/mol. The lowest BCUT2D eigenvalue weighted by Gasteiger charge is -2.38. The molecule has 1 aliphatic rings. The number of rotatable bonds is 3. The van der Waals surface area contributed by atoms with E-state index in [0.29, 0.717) is 5.56 Å². The third-order valence-electron chi connectivity index (χ3n) is 5.00. The van der Waals surface area contributed by atoms with Gasteiger partial charge in [0, 0.05) is 17.7 Å². The predicted octanol–water partition coefficient (Wildman–Crippen LogP) is 1.08. The number of phenolic OH excluding ortho intramolecular Hbond substituents is 2. The highest BCUT2D eigenvalue weighted by molar-refractivity contribution is 5.88. The van der Waals surface area contributed by atoms with Crippen LogP contribution in [0, 0.1) is 0 Å². The van der Waals surface area contributed by atoms with Crippen molar-refractivity contribution in [2.24, 2.45) is 0 Å². The molecule has 5 atom stereocenters. The summed E-state index contributed by atoms with van der Waals surface area (Å²) < 4.78 is 16.8. The Morgan fingerprint density at radius 2 is 1.67 bits per heavy atom. The maximum atomic E-state index is 13.2. The third-order valence-corrected chi connectivity index (χ3v) is 5.00. The first-order chi connectivity index (χ1) is 14.3. The maximum absolute atomic E-state index is 13.2. The topological polar surface area (TPSA) is 150 Å². The molecule has 5 N–H and O–H groups in total. The molecule has 0 saturated carbocycles. The van der Waals surface area contributed by atoms with Gasteiger partial charge in [0.05, 0.1) is 6.10 Å². The number of benzene rings is 2. The van der Waals surface area contributed by atoms with E-state index >= 15 is 0 Å². The number of hydrogen-bond acceptors (Lipinski definition) is 9. The van der Waals surface area contributed by atoms with Crippen LogP contribution in [0.4, 0.5) is 0 Å². The van der Waals surface area contributed by atoms with Crippen molar-refractivity contribution in [2.75, 3.05) is 0 Å². The Hall–Kier alpha value is -3.11. The molecule has 2 aromatic carbocycles. The molecule has 0 aliphatic carbocycles. The molecule has 30 heavy (non-hydrogen) atoms. The molecule has 0 amide bonds. The molecule has 1 saturated heterocycles. The van der Waals surface area contributed by atoms with Crippen LogP contribution in [0.5, 0.6) is 17.2 Å². The van der Waals surface area contributed by atoms with Crippen molar-refractivity contribution in [1.29, 1.82) is 0 Å². The lowest BCUT2D eigenvalue weighted by Crippen LogP contribution is -2.58. The van der Waals surface area contributed by atoms with Crippen LogP contribution in [-0.2, 0) is 4.74 Å². The van der Waals surface area contributed by atoms with E-state index in [1.165, 1.54) is 13.0 Å². The van der Waals surface area contributed by atoms with Crippen LogP contribution >= 0.6 is 0 Å². The number of aliphatic hydroxyl groups excluding tert-OH is 3. The first-order valence-electron chi connectivity index (χ1n) is 9.22. The van der Waals surface area contributed by atoms with Crippen LogP contribution in [0.3, 0.4) is 0 Å². The Kier molecular flexibility index (Phi) is 5.12. The Balaban J connectivity index is 1.89. The maximum Gasteiger partial charge on any atom is 0.239 e. The molecule has 1 aliphatic heterocycles. The highest BCUT2D eigenvalue weighted by atomic mass is 16.7. The smallest absolute Gasteiger partial charge is 0.239 e. The van der Waals surface area contributed by atoms with Gasteiger partial charge in [-0.2, -0.15) is 0 Å². The fraction of sp³-hybridized carbons (Fsp3) is 0.286. The van der Waals surface area contributed by atoms with Crippen molar-refractivity contribution < 1.29 is 39.4 Å². The summed E-state index contributed by atoms with van der Waals surface area (Å²) in [4.78, 5) is 13.2. The summed E-state index contributed by atoms with van der Waals surface area (Å²) >= 11 is 0. The zero-order chi connectivity index (χ0) is 21.6. The van der Waals surface area contributed by atoms with Crippen molar-refractivity contribution in [3.05, 3.63) is 52.7 Å². The van der Waals surface area contributed by atoms with E-state index in [0.717, 1.165) is 6.07 Å².